The topological polar surface area (TPSA) is 40.7 Å². The van der Waals surface area contributed by atoms with Crippen molar-refractivity contribution in [3.8, 4) is 0 Å². The number of nitrogens with zero attached hydrogens (tertiary/aromatic N) is 1. The molecule has 0 spiro atoms. The van der Waals surface area contributed by atoms with E-state index >= 15 is 0 Å². The molecule has 102 valence electrons. The fourth-order valence-electron chi connectivity index (χ4n) is 2.01. The second kappa shape index (κ2) is 7.08. The lowest BCUT2D eigenvalue weighted by Crippen LogP contribution is -2.24. The van der Waals surface area contributed by atoms with Crippen LogP contribution in [0.2, 0.25) is 5.02 Å². The molecule has 0 fully saturated rings. The van der Waals surface area contributed by atoms with Gasteiger partial charge in [-0.25, -0.2) is 4.98 Å². The number of rotatable bonds is 6. The van der Waals surface area contributed by atoms with Crippen LogP contribution in [0.4, 0.5) is 0 Å². The summed E-state index contributed by atoms with van der Waals surface area (Å²) in [4.78, 5) is 7.44. The Labute approximate surface area is 126 Å². The van der Waals surface area contributed by atoms with Gasteiger partial charge in [-0.15, -0.1) is 0 Å². The van der Waals surface area contributed by atoms with Crippen LogP contribution in [0.3, 0.4) is 0 Å². The summed E-state index contributed by atoms with van der Waals surface area (Å²) in [5.41, 5.74) is 1.17. The SMILES string of the molecule is CCCNC(Cc1ncc[nH]1)c1cc(Cl)cc(Br)c1. The number of halogens is 2. The molecule has 19 heavy (non-hydrogen) atoms. The maximum absolute atomic E-state index is 6.13. The van der Waals surface area contributed by atoms with Gasteiger partial charge in [-0.1, -0.05) is 34.5 Å². The van der Waals surface area contributed by atoms with Crippen molar-refractivity contribution in [1.82, 2.24) is 15.3 Å². The van der Waals surface area contributed by atoms with Gasteiger partial charge in [0.25, 0.3) is 0 Å². The van der Waals surface area contributed by atoms with E-state index < -0.39 is 0 Å². The Balaban J connectivity index is 2.20. The number of benzene rings is 1. The average Bonchev–Trinajstić information content (AvgIpc) is 2.86. The van der Waals surface area contributed by atoms with E-state index in [1.165, 1.54) is 5.56 Å². The van der Waals surface area contributed by atoms with Crippen LogP contribution in [0.5, 0.6) is 0 Å². The van der Waals surface area contributed by atoms with E-state index in [9.17, 15) is 0 Å². The van der Waals surface area contributed by atoms with Crippen molar-refractivity contribution in [3.05, 3.63) is 51.5 Å². The molecule has 1 aromatic heterocycles. The van der Waals surface area contributed by atoms with Crippen molar-refractivity contribution in [3.63, 3.8) is 0 Å². The van der Waals surface area contributed by atoms with Crippen LogP contribution in [0.25, 0.3) is 0 Å². The molecule has 1 atom stereocenters. The third kappa shape index (κ3) is 4.34. The molecule has 0 aliphatic rings. The summed E-state index contributed by atoms with van der Waals surface area (Å²) in [7, 11) is 0. The molecule has 2 aromatic rings. The Bertz CT molecular complexity index is 493. The van der Waals surface area contributed by atoms with Crippen molar-refractivity contribution >= 4 is 27.5 Å². The van der Waals surface area contributed by atoms with E-state index in [4.69, 9.17) is 11.6 Å². The van der Waals surface area contributed by atoms with Crippen LogP contribution in [0, 0.1) is 0 Å². The van der Waals surface area contributed by atoms with E-state index in [1.807, 2.05) is 18.3 Å². The maximum Gasteiger partial charge on any atom is 0.107 e. The number of aromatic nitrogens is 2. The Morgan fingerprint density at radius 1 is 1.42 bits per heavy atom. The lowest BCUT2D eigenvalue weighted by atomic mass is 10.0. The number of aromatic amines is 1. The molecule has 0 aliphatic carbocycles. The first-order valence-electron chi connectivity index (χ1n) is 6.36. The van der Waals surface area contributed by atoms with Gasteiger partial charge in [0, 0.05) is 34.4 Å². The standard InChI is InChI=1S/C14H17BrClN3/c1-2-3-17-13(9-14-18-4-5-19-14)10-6-11(15)8-12(16)7-10/h4-8,13,17H,2-3,9H2,1H3,(H,18,19). The Kier molecular flexibility index (Phi) is 5.43. The number of H-pyrrole nitrogens is 1. The van der Waals surface area contributed by atoms with Gasteiger partial charge < -0.3 is 10.3 Å². The predicted octanol–water partition coefficient (Wildman–Crippen LogP) is 4.11. The molecule has 1 heterocycles. The van der Waals surface area contributed by atoms with Crippen molar-refractivity contribution < 1.29 is 0 Å². The molecule has 0 saturated carbocycles. The molecular formula is C14H17BrClN3. The van der Waals surface area contributed by atoms with Gasteiger partial charge in [-0.05, 0) is 36.7 Å². The summed E-state index contributed by atoms with van der Waals surface area (Å²) in [6.45, 7) is 3.13. The first-order chi connectivity index (χ1) is 9.19. The largest absolute Gasteiger partial charge is 0.349 e. The van der Waals surface area contributed by atoms with Gasteiger partial charge in [-0.3, -0.25) is 0 Å². The molecule has 5 heteroatoms. The molecule has 0 saturated heterocycles. The van der Waals surface area contributed by atoms with E-state index in [0.29, 0.717) is 0 Å². The molecule has 0 amide bonds. The van der Waals surface area contributed by atoms with Crippen LogP contribution < -0.4 is 5.32 Å². The molecule has 3 nitrogen and oxygen atoms in total. The summed E-state index contributed by atoms with van der Waals surface area (Å²) in [6, 6.07) is 6.21. The van der Waals surface area contributed by atoms with E-state index in [0.717, 1.165) is 34.7 Å². The van der Waals surface area contributed by atoms with Crippen molar-refractivity contribution in [2.24, 2.45) is 0 Å². The fourth-order valence-corrected chi connectivity index (χ4v) is 2.89. The lowest BCUT2D eigenvalue weighted by molar-refractivity contribution is 0.520. The van der Waals surface area contributed by atoms with Crippen molar-refractivity contribution in [2.45, 2.75) is 25.8 Å². The summed E-state index contributed by atoms with van der Waals surface area (Å²) in [5, 5.41) is 4.28. The quantitative estimate of drug-likeness (QED) is 0.829. The minimum Gasteiger partial charge on any atom is -0.349 e. The van der Waals surface area contributed by atoms with Gasteiger partial charge in [0.2, 0.25) is 0 Å². The fraction of sp³-hybridized carbons (Fsp3) is 0.357. The molecule has 0 radical (unpaired) electrons. The third-order valence-corrected chi connectivity index (χ3v) is 3.56. The summed E-state index contributed by atoms with van der Waals surface area (Å²) in [5.74, 6) is 0.977. The molecule has 2 rings (SSSR count). The average molecular weight is 343 g/mol. The Morgan fingerprint density at radius 2 is 2.26 bits per heavy atom. The zero-order valence-electron chi connectivity index (χ0n) is 10.8. The zero-order valence-corrected chi connectivity index (χ0v) is 13.1. The summed E-state index contributed by atoms with van der Waals surface area (Å²) < 4.78 is 0.998. The van der Waals surface area contributed by atoms with Crippen LogP contribution in [0.15, 0.2) is 35.1 Å². The Morgan fingerprint density at radius 3 is 2.89 bits per heavy atom. The van der Waals surface area contributed by atoms with Gasteiger partial charge in [-0.2, -0.15) is 0 Å². The normalized spacial score (nSPS) is 12.6. The first-order valence-corrected chi connectivity index (χ1v) is 7.53. The maximum atomic E-state index is 6.13. The highest BCUT2D eigenvalue weighted by Crippen LogP contribution is 2.25. The van der Waals surface area contributed by atoms with E-state index in [1.54, 1.807) is 6.20 Å². The molecule has 0 bridgehead atoms. The van der Waals surface area contributed by atoms with Crippen LogP contribution in [-0.2, 0) is 6.42 Å². The molecule has 2 N–H and O–H groups in total. The van der Waals surface area contributed by atoms with E-state index in [2.05, 4.69) is 44.2 Å². The second-order valence-corrected chi connectivity index (χ2v) is 5.80. The highest BCUT2D eigenvalue weighted by atomic mass is 79.9. The molecular weight excluding hydrogens is 326 g/mol. The van der Waals surface area contributed by atoms with Gasteiger partial charge >= 0.3 is 0 Å². The summed E-state index contributed by atoms with van der Waals surface area (Å²) >= 11 is 9.62. The van der Waals surface area contributed by atoms with Crippen molar-refractivity contribution in [1.29, 1.82) is 0 Å². The van der Waals surface area contributed by atoms with Gasteiger partial charge in [0.1, 0.15) is 5.82 Å². The number of imidazole rings is 1. The number of hydrogen-bond donors (Lipinski definition) is 2. The van der Waals surface area contributed by atoms with Crippen molar-refractivity contribution in [2.75, 3.05) is 6.54 Å². The highest BCUT2D eigenvalue weighted by Gasteiger charge is 2.14. The lowest BCUT2D eigenvalue weighted by Gasteiger charge is -2.18. The monoisotopic (exact) mass is 341 g/mol. The smallest absolute Gasteiger partial charge is 0.107 e. The molecule has 1 aromatic carbocycles. The first kappa shape index (κ1) is 14.6. The second-order valence-electron chi connectivity index (χ2n) is 4.45. The minimum absolute atomic E-state index is 0.209. The van der Waals surface area contributed by atoms with Crippen LogP contribution >= 0.6 is 27.5 Å². The minimum atomic E-state index is 0.209. The molecule has 1 unspecified atom stereocenters. The molecule has 0 aliphatic heterocycles. The van der Waals surface area contributed by atoms with Gasteiger partial charge in [0.15, 0.2) is 0 Å². The van der Waals surface area contributed by atoms with Crippen LogP contribution in [-0.4, -0.2) is 16.5 Å². The van der Waals surface area contributed by atoms with E-state index in [-0.39, 0.29) is 6.04 Å². The summed E-state index contributed by atoms with van der Waals surface area (Å²) in [6.07, 6.45) is 5.54. The van der Waals surface area contributed by atoms with Gasteiger partial charge in [0.05, 0.1) is 0 Å². The predicted molar refractivity (Wildman–Crippen MR) is 82.5 cm³/mol. The Hall–Kier alpha value is -0.840. The third-order valence-electron chi connectivity index (χ3n) is 2.88. The highest BCUT2D eigenvalue weighted by molar-refractivity contribution is 9.10. The number of hydrogen-bond acceptors (Lipinski definition) is 2. The zero-order chi connectivity index (χ0) is 13.7. The van der Waals surface area contributed by atoms with Crippen LogP contribution in [0.1, 0.15) is 30.8 Å². The number of nitrogens with one attached hydrogen (secondary N) is 2.